The zero-order valence-electron chi connectivity index (χ0n) is 12.0. The molecular weight excluding hydrogens is 252 g/mol. The van der Waals surface area contributed by atoms with Crippen molar-refractivity contribution < 1.29 is 4.74 Å². The van der Waals surface area contributed by atoms with Gasteiger partial charge in [0.25, 0.3) is 0 Å². The molecule has 5 heteroatoms. The zero-order chi connectivity index (χ0) is 14.7. The molecule has 0 amide bonds. The Morgan fingerprint density at radius 3 is 2.40 bits per heavy atom. The van der Waals surface area contributed by atoms with Gasteiger partial charge in [-0.3, -0.25) is 4.90 Å². The molecule has 0 spiro atoms. The van der Waals surface area contributed by atoms with Crippen molar-refractivity contribution in [2.75, 3.05) is 19.1 Å². The van der Waals surface area contributed by atoms with Crippen LogP contribution in [-0.4, -0.2) is 24.1 Å². The van der Waals surface area contributed by atoms with Gasteiger partial charge in [-0.25, -0.2) is 9.97 Å². The average molecular weight is 268 g/mol. The minimum atomic E-state index is 0.375. The summed E-state index contributed by atoms with van der Waals surface area (Å²) in [5.41, 5.74) is 4.04. The average Bonchev–Trinajstić information content (AvgIpc) is 2.46. The van der Waals surface area contributed by atoms with E-state index in [9.17, 15) is 0 Å². The van der Waals surface area contributed by atoms with E-state index in [-0.39, 0.29) is 0 Å². The first kappa shape index (κ1) is 13.8. The van der Waals surface area contributed by atoms with Gasteiger partial charge in [-0.2, -0.15) is 5.26 Å². The molecule has 0 atom stereocenters. The number of hydrogen-bond acceptors (Lipinski definition) is 5. The summed E-state index contributed by atoms with van der Waals surface area (Å²) < 4.78 is 5.47. The second-order valence-electron chi connectivity index (χ2n) is 4.59. The summed E-state index contributed by atoms with van der Waals surface area (Å²) in [5, 5.41) is 8.81. The molecule has 20 heavy (non-hydrogen) atoms. The predicted octanol–water partition coefficient (Wildman–Crippen LogP) is 2.69. The van der Waals surface area contributed by atoms with Crippen LogP contribution in [0.3, 0.4) is 0 Å². The summed E-state index contributed by atoms with van der Waals surface area (Å²) in [6.45, 7) is 4.04. The summed E-state index contributed by atoms with van der Waals surface area (Å²) >= 11 is 0. The molecule has 0 N–H and O–H groups in total. The van der Waals surface area contributed by atoms with Crippen molar-refractivity contribution in [1.82, 2.24) is 9.97 Å². The maximum absolute atomic E-state index is 8.81. The number of hydrogen-bond donors (Lipinski definition) is 0. The number of aromatic nitrogens is 2. The molecule has 0 saturated heterocycles. The lowest BCUT2D eigenvalue weighted by Crippen LogP contribution is -2.11. The van der Waals surface area contributed by atoms with Gasteiger partial charge in [0.05, 0.1) is 7.11 Å². The number of nitriles is 1. The fourth-order valence-electron chi connectivity index (χ4n) is 2.12. The Morgan fingerprint density at radius 1 is 1.20 bits per heavy atom. The first-order chi connectivity index (χ1) is 9.56. The monoisotopic (exact) mass is 268 g/mol. The number of nitrogens with zero attached hydrogens (tertiary/aromatic N) is 4. The fraction of sp³-hybridized carbons (Fsp3) is 0.267. The highest BCUT2D eigenvalue weighted by atomic mass is 16.5. The smallest absolute Gasteiger partial charge is 0.238 e. The largest absolute Gasteiger partial charge is 0.496 e. The summed E-state index contributed by atoms with van der Waals surface area (Å²) in [5.74, 6) is 1.19. The van der Waals surface area contributed by atoms with E-state index >= 15 is 0 Å². The van der Waals surface area contributed by atoms with Gasteiger partial charge in [0.2, 0.25) is 5.95 Å². The maximum Gasteiger partial charge on any atom is 0.238 e. The molecule has 0 fully saturated rings. The van der Waals surface area contributed by atoms with Crippen LogP contribution in [0.4, 0.5) is 5.95 Å². The minimum absolute atomic E-state index is 0.375. The molecule has 1 heterocycles. The zero-order valence-corrected chi connectivity index (χ0v) is 12.0. The molecular formula is C15H16N4O. The molecule has 0 aliphatic carbocycles. The molecule has 102 valence electrons. The van der Waals surface area contributed by atoms with Gasteiger partial charge in [0.1, 0.15) is 5.75 Å². The highest BCUT2D eigenvalue weighted by Crippen LogP contribution is 2.33. The van der Waals surface area contributed by atoms with Crippen LogP contribution in [0.2, 0.25) is 0 Å². The van der Waals surface area contributed by atoms with Gasteiger partial charge in [0.15, 0.2) is 6.19 Å². The maximum atomic E-state index is 8.81. The molecule has 1 aromatic carbocycles. The number of ether oxygens (including phenoxy) is 1. The topological polar surface area (TPSA) is 62.0 Å². The number of benzene rings is 1. The molecule has 0 radical (unpaired) electrons. The van der Waals surface area contributed by atoms with Crippen molar-refractivity contribution in [3.63, 3.8) is 0 Å². The van der Waals surface area contributed by atoms with Crippen molar-refractivity contribution in [3.8, 4) is 23.1 Å². The molecule has 2 rings (SSSR count). The molecule has 0 unspecified atom stereocenters. The molecule has 0 aliphatic heterocycles. The number of rotatable bonds is 3. The van der Waals surface area contributed by atoms with Crippen LogP contribution in [0.5, 0.6) is 5.75 Å². The van der Waals surface area contributed by atoms with E-state index in [2.05, 4.69) is 16.0 Å². The second kappa shape index (κ2) is 5.57. The van der Waals surface area contributed by atoms with Gasteiger partial charge in [0, 0.05) is 30.6 Å². The minimum Gasteiger partial charge on any atom is -0.496 e. The van der Waals surface area contributed by atoms with Gasteiger partial charge in [-0.15, -0.1) is 0 Å². The summed E-state index contributed by atoms with van der Waals surface area (Å²) in [6.07, 6.45) is 5.37. The van der Waals surface area contributed by atoms with Gasteiger partial charge in [-0.1, -0.05) is 6.07 Å². The van der Waals surface area contributed by atoms with E-state index < -0.39 is 0 Å². The highest BCUT2D eigenvalue weighted by molar-refractivity contribution is 5.72. The van der Waals surface area contributed by atoms with Crippen LogP contribution in [0.25, 0.3) is 11.1 Å². The van der Waals surface area contributed by atoms with Crippen molar-refractivity contribution in [1.29, 1.82) is 5.26 Å². The van der Waals surface area contributed by atoms with E-state index in [1.165, 1.54) is 4.90 Å². The van der Waals surface area contributed by atoms with Crippen LogP contribution in [0.15, 0.2) is 24.5 Å². The van der Waals surface area contributed by atoms with E-state index in [0.717, 1.165) is 28.0 Å². The van der Waals surface area contributed by atoms with Crippen molar-refractivity contribution >= 4 is 5.95 Å². The van der Waals surface area contributed by atoms with Crippen molar-refractivity contribution in [2.24, 2.45) is 0 Å². The predicted molar refractivity (Wildman–Crippen MR) is 77.5 cm³/mol. The summed E-state index contributed by atoms with van der Waals surface area (Å²) in [4.78, 5) is 9.70. The molecule has 1 aromatic heterocycles. The standard InChI is InChI=1S/C15H16N4O/c1-10-5-11(2)14(20-4)13(6-10)12-7-17-15(18-8-12)19(3)9-16/h5-8H,1-4H3. The third-order valence-corrected chi connectivity index (χ3v) is 3.02. The lowest BCUT2D eigenvalue weighted by molar-refractivity contribution is 0.413. The van der Waals surface area contributed by atoms with Crippen LogP contribution in [0.1, 0.15) is 11.1 Å². The quantitative estimate of drug-likeness (QED) is 0.632. The third kappa shape index (κ3) is 2.54. The molecule has 5 nitrogen and oxygen atoms in total. The van der Waals surface area contributed by atoms with E-state index in [4.69, 9.17) is 10.00 Å². The van der Waals surface area contributed by atoms with Crippen LogP contribution >= 0.6 is 0 Å². The second-order valence-corrected chi connectivity index (χ2v) is 4.59. The Labute approximate surface area is 118 Å². The van der Waals surface area contributed by atoms with Crippen LogP contribution < -0.4 is 9.64 Å². The Morgan fingerprint density at radius 2 is 1.85 bits per heavy atom. The summed E-state index contributed by atoms with van der Waals surface area (Å²) in [7, 11) is 3.27. The van der Waals surface area contributed by atoms with E-state index in [1.807, 2.05) is 26.1 Å². The highest BCUT2D eigenvalue weighted by Gasteiger charge is 2.11. The van der Waals surface area contributed by atoms with Crippen molar-refractivity contribution in [3.05, 3.63) is 35.7 Å². The fourth-order valence-corrected chi connectivity index (χ4v) is 2.12. The Kier molecular flexibility index (Phi) is 3.85. The number of methoxy groups -OCH3 is 1. The Bertz CT molecular complexity index is 659. The lowest BCUT2D eigenvalue weighted by atomic mass is 10.0. The van der Waals surface area contributed by atoms with Gasteiger partial charge < -0.3 is 4.74 Å². The third-order valence-electron chi connectivity index (χ3n) is 3.02. The van der Waals surface area contributed by atoms with E-state index in [0.29, 0.717) is 5.95 Å². The first-order valence-electron chi connectivity index (χ1n) is 6.18. The molecule has 0 bridgehead atoms. The Hall–Kier alpha value is -2.61. The molecule has 0 aliphatic rings. The van der Waals surface area contributed by atoms with Crippen molar-refractivity contribution in [2.45, 2.75) is 13.8 Å². The first-order valence-corrected chi connectivity index (χ1v) is 6.18. The SMILES string of the molecule is COc1c(C)cc(C)cc1-c1cnc(N(C)C#N)nc1. The summed E-state index contributed by atoms with van der Waals surface area (Å²) in [6, 6.07) is 4.11. The lowest BCUT2D eigenvalue weighted by Gasteiger charge is -2.13. The van der Waals surface area contributed by atoms with Gasteiger partial charge in [-0.05, 0) is 31.0 Å². The van der Waals surface area contributed by atoms with Crippen LogP contribution in [-0.2, 0) is 0 Å². The molecule has 0 saturated carbocycles. The normalized spacial score (nSPS) is 9.95. The number of aryl methyl sites for hydroxylation is 2. The molecule has 2 aromatic rings. The van der Waals surface area contributed by atoms with Gasteiger partial charge >= 0.3 is 0 Å². The number of anilines is 1. The van der Waals surface area contributed by atoms with Crippen LogP contribution in [0, 0.1) is 25.3 Å². The Balaban J connectivity index is 2.49. The van der Waals surface area contributed by atoms with E-state index in [1.54, 1.807) is 26.6 Å².